The maximum Gasteiger partial charge on any atom is 0.419 e. The summed E-state index contributed by atoms with van der Waals surface area (Å²) in [5.74, 6) is 4.02. The molecule has 0 saturated carbocycles. The van der Waals surface area contributed by atoms with Crippen LogP contribution in [-0.2, 0) is 6.18 Å². The molecule has 2 aromatic rings. The Kier molecular flexibility index (Phi) is 4.51. The monoisotopic (exact) mass is 318 g/mol. The summed E-state index contributed by atoms with van der Waals surface area (Å²) in [6, 6.07) is 8.43. The second kappa shape index (κ2) is 6.01. The van der Waals surface area contributed by atoms with Gasteiger partial charge in [0.2, 0.25) is 0 Å². The predicted molar refractivity (Wildman–Crippen MR) is 72.0 cm³/mol. The van der Waals surface area contributed by atoms with Gasteiger partial charge >= 0.3 is 6.18 Å². The molecule has 0 aliphatic heterocycles. The van der Waals surface area contributed by atoms with Crippen LogP contribution < -0.4 is 11.3 Å². The van der Waals surface area contributed by atoms with Gasteiger partial charge in [-0.15, -0.1) is 0 Å². The van der Waals surface area contributed by atoms with E-state index in [1.807, 2.05) is 0 Å². The van der Waals surface area contributed by atoms with E-state index in [0.29, 0.717) is 16.7 Å². The Balaban J connectivity index is 2.54. The van der Waals surface area contributed by atoms with Crippen molar-refractivity contribution >= 4 is 11.6 Å². The number of alkyl halides is 3. The van der Waals surface area contributed by atoms with Crippen molar-refractivity contribution in [2.45, 2.75) is 12.2 Å². The van der Waals surface area contributed by atoms with Gasteiger partial charge in [0.25, 0.3) is 0 Å². The van der Waals surface area contributed by atoms with Crippen LogP contribution in [0.2, 0.25) is 5.02 Å². The molecule has 0 spiro atoms. The van der Waals surface area contributed by atoms with Crippen LogP contribution in [0.5, 0.6) is 0 Å². The average Bonchev–Trinajstić information content (AvgIpc) is 2.40. The Labute approximate surface area is 123 Å². The molecule has 0 fully saturated rings. The van der Waals surface area contributed by atoms with Gasteiger partial charge in [0.05, 0.1) is 11.6 Å². The van der Waals surface area contributed by atoms with Crippen molar-refractivity contribution in [2.75, 3.05) is 0 Å². The zero-order valence-electron chi connectivity index (χ0n) is 10.6. The van der Waals surface area contributed by atoms with Gasteiger partial charge in [0, 0.05) is 10.6 Å². The molecular formula is C14H11ClF4N2. The SMILES string of the molecule is NNC(c1cccc(Cl)c1)c1cccc(C(F)(F)F)c1F. The first-order chi connectivity index (χ1) is 9.84. The first kappa shape index (κ1) is 15.8. The third-order valence-electron chi connectivity index (χ3n) is 2.99. The van der Waals surface area contributed by atoms with E-state index in [2.05, 4.69) is 5.43 Å². The topological polar surface area (TPSA) is 38.0 Å². The normalized spacial score (nSPS) is 13.2. The van der Waals surface area contributed by atoms with Crippen LogP contribution in [-0.4, -0.2) is 0 Å². The molecule has 2 rings (SSSR count). The number of hydrogen-bond donors (Lipinski definition) is 2. The van der Waals surface area contributed by atoms with Gasteiger partial charge in [-0.25, -0.2) is 9.82 Å². The van der Waals surface area contributed by atoms with E-state index >= 15 is 0 Å². The van der Waals surface area contributed by atoms with E-state index in [-0.39, 0.29) is 5.56 Å². The summed E-state index contributed by atoms with van der Waals surface area (Å²) in [4.78, 5) is 0. The zero-order chi connectivity index (χ0) is 15.6. The van der Waals surface area contributed by atoms with Crippen molar-refractivity contribution in [3.8, 4) is 0 Å². The minimum atomic E-state index is -4.77. The number of halogens is 5. The van der Waals surface area contributed by atoms with Crippen LogP contribution in [0.1, 0.15) is 22.7 Å². The van der Waals surface area contributed by atoms with Crippen LogP contribution >= 0.6 is 11.6 Å². The van der Waals surface area contributed by atoms with Crippen molar-refractivity contribution in [1.29, 1.82) is 0 Å². The second-order valence-corrected chi connectivity index (χ2v) is 4.80. The minimum absolute atomic E-state index is 0.199. The number of nitrogens with two attached hydrogens (primary N) is 1. The molecule has 0 bridgehead atoms. The lowest BCUT2D eigenvalue weighted by atomic mass is 9.96. The molecular weight excluding hydrogens is 308 g/mol. The number of hydrazine groups is 1. The van der Waals surface area contributed by atoms with Gasteiger partial charge in [0.1, 0.15) is 5.82 Å². The first-order valence-electron chi connectivity index (χ1n) is 5.91. The molecule has 0 aliphatic carbocycles. The van der Waals surface area contributed by atoms with Crippen molar-refractivity contribution < 1.29 is 17.6 Å². The molecule has 1 unspecified atom stereocenters. The fraction of sp³-hybridized carbons (Fsp3) is 0.143. The zero-order valence-corrected chi connectivity index (χ0v) is 11.3. The molecule has 2 nitrogen and oxygen atoms in total. The number of benzene rings is 2. The fourth-order valence-corrected chi connectivity index (χ4v) is 2.24. The van der Waals surface area contributed by atoms with Gasteiger partial charge in [-0.1, -0.05) is 35.9 Å². The van der Waals surface area contributed by atoms with E-state index in [9.17, 15) is 17.6 Å². The van der Waals surface area contributed by atoms with Gasteiger partial charge in [0.15, 0.2) is 0 Å². The molecule has 0 aliphatic rings. The molecule has 2 aromatic carbocycles. The van der Waals surface area contributed by atoms with E-state index in [4.69, 9.17) is 17.4 Å². The Morgan fingerprint density at radius 3 is 2.33 bits per heavy atom. The smallest absolute Gasteiger partial charge is 0.271 e. The van der Waals surface area contributed by atoms with E-state index < -0.39 is 23.6 Å². The maximum absolute atomic E-state index is 14.1. The predicted octanol–water partition coefficient (Wildman–Crippen LogP) is 4.05. The van der Waals surface area contributed by atoms with E-state index in [1.54, 1.807) is 18.2 Å². The highest BCUT2D eigenvalue weighted by Gasteiger charge is 2.35. The number of hydrogen-bond acceptors (Lipinski definition) is 2. The van der Waals surface area contributed by atoms with Crippen molar-refractivity contribution in [1.82, 2.24) is 5.43 Å². The first-order valence-corrected chi connectivity index (χ1v) is 6.29. The molecule has 0 radical (unpaired) electrons. The lowest BCUT2D eigenvalue weighted by Gasteiger charge is -2.20. The summed E-state index contributed by atoms with van der Waals surface area (Å²) in [6.45, 7) is 0. The minimum Gasteiger partial charge on any atom is -0.271 e. The Morgan fingerprint density at radius 2 is 1.76 bits per heavy atom. The molecule has 0 aromatic heterocycles. The summed E-state index contributed by atoms with van der Waals surface area (Å²) in [7, 11) is 0. The van der Waals surface area contributed by atoms with E-state index in [1.165, 1.54) is 12.1 Å². The third kappa shape index (κ3) is 3.34. The van der Waals surface area contributed by atoms with Gasteiger partial charge < -0.3 is 0 Å². The molecule has 0 amide bonds. The lowest BCUT2D eigenvalue weighted by Crippen LogP contribution is -2.30. The van der Waals surface area contributed by atoms with Crippen molar-refractivity contribution in [3.63, 3.8) is 0 Å². The highest BCUT2D eigenvalue weighted by Crippen LogP contribution is 2.35. The summed E-state index contributed by atoms with van der Waals surface area (Å²) in [6.07, 6.45) is -4.77. The molecule has 1 atom stereocenters. The Bertz CT molecular complexity index is 643. The Morgan fingerprint density at radius 1 is 1.10 bits per heavy atom. The maximum atomic E-state index is 14.1. The summed E-state index contributed by atoms with van der Waals surface area (Å²) >= 11 is 5.83. The molecule has 7 heteroatoms. The standard InChI is InChI=1S/C14H11ClF4N2/c15-9-4-1-3-8(7-9)13(21-20)10-5-2-6-11(12(10)16)14(17,18)19/h1-7,13,21H,20H2. The fourth-order valence-electron chi connectivity index (χ4n) is 2.04. The molecule has 112 valence electrons. The highest BCUT2D eigenvalue weighted by molar-refractivity contribution is 6.30. The van der Waals surface area contributed by atoms with Crippen molar-refractivity contribution in [3.05, 3.63) is 70.0 Å². The van der Waals surface area contributed by atoms with Gasteiger partial charge in [-0.05, 0) is 23.8 Å². The average molecular weight is 319 g/mol. The van der Waals surface area contributed by atoms with E-state index in [0.717, 1.165) is 6.07 Å². The lowest BCUT2D eigenvalue weighted by molar-refractivity contribution is -0.140. The quantitative estimate of drug-likeness (QED) is 0.509. The van der Waals surface area contributed by atoms with Crippen LogP contribution in [0.4, 0.5) is 17.6 Å². The largest absolute Gasteiger partial charge is 0.419 e. The number of rotatable bonds is 3. The summed E-state index contributed by atoms with van der Waals surface area (Å²) in [5.41, 5.74) is 1.25. The molecule has 0 saturated heterocycles. The van der Waals surface area contributed by atoms with Crippen LogP contribution in [0.3, 0.4) is 0 Å². The van der Waals surface area contributed by atoms with Gasteiger partial charge in [-0.3, -0.25) is 5.84 Å². The molecule has 21 heavy (non-hydrogen) atoms. The third-order valence-corrected chi connectivity index (χ3v) is 3.23. The number of nitrogens with one attached hydrogen (secondary N) is 1. The second-order valence-electron chi connectivity index (χ2n) is 4.36. The molecule has 0 heterocycles. The summed E-state index contributed by atoms with van der Waals surface area (Å²) < 4.78 is 52.4. The van der Waals surface area contributed by atoms with Crippen molar-refractivity contribution in [2.24, 2.45) is 5.84 Å². The van der Waals surface area contributed by atoms with Crippen LogP contribution in [0.25, 0.3) is 0 Å². The van der Waals surface area contributed by atoms with Crippen LogP contribution in [0, 0.1) is 5.82 Å². The highest BCUT2D eigenvalue weighted by atomic mass is 35.5. The van der Waals surface area contributed by atoms with Gasteiger partial charge in [-0.2, -0.15) is 13.2 Å². The van der Waals surface area contributed by atoms with Crippen LogP contribution in [0.15, 0.2) is 42.5 Å². The molecule has 3 N–H and O–H groups in total. The Hall–Kier alpha value is -1.63. The summed E-state index contributed by atoms with van der Waals surface area (Å²) in [5, 5.41) is 0.375.